The van der Waals surface area contributed by atoms with E-state index in [1.165, 1.54) is 0 Å². The van der Waals surface area contributed by atoms with Gasteiger partial charge in [-0.25, -0.2) is 0 Å². The van der Waals surface area contributed by atoms with Gasteiger partial charge in [0.2, 0.25) is 0 Å². The van der Waals surface area contributed by atoms with E-state index in [9.17, 15) is 26.3 Å². The summed E-state index contributed by atoms with van der Waals surface area (Å²) in [4.78, 5) is 0. The Balaban J connectivity index is 3.09. The smallest absolute Gasteiger partial charge is 0.170 e. The van der Waals surface area contributed by atoms with Gasteiger partial charge in [0, 0.05) is 0 Å². The number of alkyl halides is 6. The number of halogens is 6. The molecule has 0 radical (unpaired) electrons. The predicted octanol–water partition coefficient (Wildman–Crippen LogP) is 4.37. The van der Waals surface area contributed by atoms with Crippen LogP contribution in [0.5, 0.6) is 0 Å². The van der Waals surface area contributed by atoms with Crippen molar-refractivity contribution in [2.75, 3.05) is 0 Å². The predicted molar refractivity (Wildman–Crippen MR) is 45.9 cm³/mol. The van der Waals surface area contributed by atoms with Crippen molar-refractivity contribution in [2.24, 2.45) is 0 Å². The third-order valence-electron chi connectivity index (χ3n) is 2.20. The van der Waals surface area contributed by atoms with Crippen LogP contribution >= 0.6 is 0 Å². The van der Waals surface area contributed by atoms with Crippen LogP contribution in [0.4, 0.5) is 26.3 Å². The molecule has 1 rings (SSSR count). The van der Waals surface area contributed by atoms with Gasteiger partial charge in [-0.2, -0.15) is 26.3 Å². The van der Waals surface area contributed by atoms with Gasteiger partial charge in [0.05, 0.1) is 11.5 Å². The highest BCUT2D eigenvalue weighted by Gasteiger charge is 2.38. The number of benzene rings is 1. The van der Waals surface area contributed by atoms with E-state index in [0.29, 0.717) is 6.07 Å². The van der Waals surface area contributed by atoms with E-state index in [1.807, 2.05) is 0 Å². The molecule has 0 saturated carbocycles. The second-order valence-corrected chi connectivity index (χ2v) is 3.39. The molecule has 0 aliphatic carbocycles. The van der Waals surface area contributed by atoms with Crippen molar-refractivity contribution in [2.45, 2.75) is 25.2 Å². The monoisotopic (exact) mass is 242 g/mol. The summed E-state index contributed by atoms with van der Waals surface area (Å²) in [7, 11) is 0. The lowest BCUT2D eigenvalue weighted by molar-refractivity contribution is -0.147. The molecule has 0 aliphatic heterocycles. The van der Waals surface area contributed by atoms with Crippen molar-refractivity contribution in [3.63, 3.8) is 0 Å². The second kappa shape index (κ2) is 3.99. The molecule has 1 atom stereocenters. The van der Waals surface area contributed by atoms with Crippen LogP contribution in [-0.4, -0.2) is 6.18 Å². The molecule has 6 heteroatoms. The molecular formula is C10H8F6. The number of hydrogen-bond acceptors (Lipinski definition) is 0. The van der Waals surface area contributed by atoms with E-state index in [1.54, 1.807) is 0 Å². The Morgan fingerprint density at radius 2 is 1.56 bits per heavy atom. The molecule has 90 valence electrons. The number of rotatable bonds is 1. The Bertz CT molecular complexity index is 362. The fraction of sp³-hybridized carbons (Fsp3) is 0.400. The van der Waals surface area contributed by atoms with Crippen LogP contribution in [0.2, 0.25) is 0 Å². The maximum absolute atomic E-state index is 12.3. The van der Waals surface area contributed by atoms with Crippen molar-refractivity contribution in [3.8, 4) is 0 Å². The second-order valence-electron chi connectivity index (χ2n) is 3.39. The summed E-state index contributed by atoms with van der Waals surface area (Å²) in [6.45, 7) is 0.829. The van der Waals surface area contributed by atoms with Crippen molar-refractivity contribution in [1.29, 1.82) is 0 Å². The molecule has 1 aromatic rings. The minimum absolute atomic E-state index is 0.387. The molecule has 1 unspecified atom stereocenters. The number of hydrogen-bond donors (Lipinski definition) is 0. The zero-order chi connectivity index (χ0) is 12.6. The van der Waals surface area contributed by atoms with Crippen LogP contribution < -0.4 is 0 Å². The minimum atomic E-state index is -4.62. The quantitative estimate of drug-likeness (QED) is 0.641. The fourth-order valence-corrected chi connectivity index (χ4v) is 1.17. The maximum atomic E-state index is 12.3. The van der Waals surface area contributed by atoms with Crippen LogP contribution in [0.3, 0.4) is 0 Å². The summed E-state index contributed by atoms with van der Waals surface area (Å²) in [6, 6.07) is 3.28. The van der Waals surface area contributed by atoms with Crippen molar-refractivity contribution >= 4 is 0 Å². The molecule has 0 amide bonds. The van der Waals surface area contributed by atoms with Gasteiger partial charge >= 0.3 is 12.4 Å². The van der Waals surface area contributed by atoms with Crippen LogP contribution in [-0.2, 0) is 6.18 Å². The molecule has 16 heavy (non-hydrogen) atoms. The standard InChI is InChI=1S/C10H8F6/c1-6(9(11,12)13)7-3-2-4-8(5-7)10(14,15)16/h2-6H,1H3. The van der Waals surface area contributed by atoms with Crippen LogP contribution in [0.15, 0.2) is 24.3 Å². The van der Waals surface area contributed by atoms with Gasteiger partial charge in [-0.3, -0.25) is 0 Å². The van der Waals surface area contributed by atoms with Crippen molar-refractivity contribution in [1.82, 2.24) is 0 Å². The van der Waals surface area contributed by atoms with E-state index in [4.69, 9.17) is 0 Å². The first kappa shape index (κ1) is 12.9. The summed E-state index contributed by atoms with van der Waals surface area (Å²) in [6.07, 6.45) is -9.16. The Morgan fingerprint density at radius 3 is 2.00 bits per heavy atom. The van der Waals surface area contributed by atoms with Gasteiger partial charge < -0.3 is 0 Å². The molecule has 0 saturated heterocycles. The van der Waals surface area contributed by atoms with E-state index >= 15 is 0 Å². The highest BCUT2D eigenvalue weighted by molar-refractivity contribution is 5.28. The summed E-state index contributed by atoms with van der Waals surface area (Å²) in [5, 5.41) is 0. The molecule has 0 spiro atoms. The van der Waals surface area contributed by atoms with E-state index < -0.39 is 23.8 Å². The molecular weight excluding hydrogens is 234 g/mol. The normalized spacial score (nSPS) is 14.9. The third kappa shape index (κ3) is 2.90. The van der Waals surface area contributed by atoms with Crippen LogP contribution in [0.1, 0.15) is 24.0 Å². The average Bonchev–Trinajstić information content (AvgIpc) is 2.14. The third-order valence-corrected chi connectivity index (χ3v) is 2.20. The van der Waals surface area contributed by atoms with E-state index in [0.717, 1.165) is 25.1 Å². The maximum Gasteiger partial charge on any atom is 0.416 e. The van der Waals surface area contributed by atoms with Crippen molar-refractivity contribution < 1.29 is 26.3 Å². The molecule has 0 fully saturated rings. The lowest BCUT2D eigenvalue weighted by Gasteiger charge is -2.17. The lowest BCUT2D eigenvalue weighted by atomic mass is 9.98. The molecule has 0 heterocycles. The van der Waals surface area contributed by atoms with Gasteiger partial charge in [-0.05, 0) is 18.6 Å². The first-order valence-electron chi connectivity index (χ1n) is 4.36. The molecule has 0 aliphatic rings. The Morgan fingerprint density at radius 1 is 1.00 bits per heavy atom. The van der Waals surface area contributed by atoms with E-state index in [2.05, 4.69) is 0 Å². The fourth-order valence-electron chi connectivity index (χ4n) is 1.17. The summed E-state index contributed by atoms with van der Waals surface area (Å²) >= 11 is 0. The van der Waals surface area contributed by atoms with Gasteiger partial charge in [0.25, 0.3) is 0 Å². The van der Waals surface area contributed by atoms with Gasteiger partial charge in [-0.1, -0.05) is 18.2 Å². The van der Waals surface area contributed by atoms with Gasteiger partial charge in [-0.15, -0.1) is 0 Å². The van der Waals surface area contributed by atoms with E-state index in [-0.39, 0.29) is 5.56 Å². The molecule has 0 aromatic heterocycles. The molecule has 0 nitrogen and oxygen atoms in total. The topological polar surface area (TPSA) is 0 Å². The molecule has 0 N–H and O–H groups in total. The summed E-state index contributed by atoms with van der Waals surface area (Å²) in [5.41, 5.74) is -1.46. The average molecular weight is 242 g/mol. The summed E-state index contributed by atoms with van der Waals surface area (Å²) < 4.78 is 73.6. The largest absolute Gasteiger partial charge is 0.416 e. The Kier molecular flexibility index (Phi) is 3.21. The van der Waals surface area contributed by atoms with Crippen LogP contribution in [0, 0.1) is 0 Å². The Hall–Kier alpha value is -1.20. The first-order chi connectivity index (χ1) is 7.12. The van der Waals surface area contributed by atoms with Crippen LogP contribution in [0.25, 0.3) is 0 Å². The van der Waals surface area contributed by atoms with Gasteiger partial charge in [0.15, 0.2) is 0 Å². The lowest BCUT2D eigenvalue weighted by Crippen LogP contribution is -2.18. The minimum Gasteiger partial charge on any atom is -0.170 e. The molecule has 1 aromatic carbocycles. The highest BCUT2D eigenvalue weighted by Crippen LogP contribution is 2.37. The SMILES string of the molecule is CC(c1cccc(C(F)(F)F)c1)C(F)(F)F. The Labute approximate surface area is 87.9 Å². The summed E-state index contributed by atoms with van der Waals surface area (Å²) in [5.74, 6) is -1.91. The zero-order valence-electron chi connectivity index (χ0n) is 8.15. The van der Waals surface area contributed by atoms with Crippen molar-refractivity contribution in [3.05, 3.63) is 35.4 Å². The highest BCUT2D eigenvalue weighted by atomic mass is 19.4. The molecule has 0 bridgehead atoms. The zero-order valence-corrected chi connectivity index (χ0v) is 8.15. The van der Waals surface area contributed by atoms with Gasteiger partial charge in [0.1, 0.15) is 0 Å². The first-order valence-corrected chi connectivity index (χ1v) is 4.36.